The zero-order valence-electron chi connectivity index (χ0n) is 12.5. The van der Waals surface area contributed by atoms with E-state index in [-0.39, 0.29) is 5.91 Å². The lowest BCUT2D eigenvalue weighted by atomic mass is 10.3. The Morgan fingerprint density at radius 3 is 2.81 bits per heavy atom. The zero-order valence-corrected chi connectivity index (χ0v) is 12.5. The number of imidazole rings is 1. The van der Waals surface area contributed by atoms with Gasteiger partial charge in [0.1, 0.15) is 12.4 Å². The second kappa shape index (κ2) is 6.26. The van der Waals surface area contributed by atoms with Gasteiger partial charge in [0.15, 0.2) is 0 Å². The minimum Gasteiger partial charge on any atom is -0.339 e. The average molecular weight is 286 g/mol. The highest BCUT2D eigenvalue weighted by molar-refractivity contribution is 5.81. The molecule has 1 aliphatic rings. The van der Waals surface area contributed by atoms with Crippen molar-refractivity contribution < 1.29 is 4.79 Å². The summed E-state index contributed by atoms with van der Waals surface area (Å²) >= 11 is 0. The number of aromatic nitrogens is 2. The second-order valence-corrected chi connectivity index (χ2v) is 5.48. The number of nitrogens with one attached hydrogen (secondary N) is 1. The highest BCUT2D eigenvalue weighted by Crippen LogP contribution is 2.17. The van der Waals surface area contributed by atoms with E-state index in [2.05, 4.69) is 21.8 Å². The van der Waals surface area contributed by atoms with Gasteiger partial charge in [0.2, 0.25) is 5.91 Å². The van der Waals surface area contributed by atoms with Gasteiger partial charge in [-0.3, -0.25) is 4.79 Å². The Hall–Kier alpha value is -1.88. The monoisotopic (exact) mass is 286 g/mol. The lowest BCUT2D eigenvalue weighted by Crippen LogP contribution is -2.47. The predicted molar refractivity (Wildman–Crippen MR) is 83.2 cm³/mol. The van der Waals surface area contributed by atoms with Crippen molar-refractivity contribution in [3.63, 3.8) is 0 Å². The number of benzene rings is 1. The maximum atomic E-state index is 12.5. The quantitative estimate of drug-likeness (QED) is 0.925. The second-order valence-electron chi connectivity index (χ2n) is 5.48. The Morgan fingerprint density at radius 1 is 1.29 bits per heavy atom. The molecule has 1 aromatic carbocycles. The van der Waals surface area contributed by atoms with Crippen LogP contribution in [-0.2, 0) is 17.8 Å². The third-order valence-electron chi connectivity index (χ3n) is 3.97. The molecular weight excluding hydrogens is 264 g/mol. The maximum Gasteiger partial charge on any atom is 0.242 e. The van der Waals surface area contributed by atoms with Crippen molar-refractivity contribution in [1.82, 2.24) is 19.8 Å². The van der Waals surface area contributed by atoms with Gasteiger partial charge in [-0.2, -0.15) is 0 Å². The number of piperazine rings is 1. The summed E-state index contributed by atoms with van der Waals surface area (Å²) in [6.07, 6.45) is 1.94. The maximum absolute atomic E-state index is 12.5. The average Bonchev–Trinajstić information content (AvgIpc) is 2.86. The van der Waals surface area contributed by atoms with Crippen LogP contribution in [0.5, 0.6) is 0 Å². The molecule has 1 N–H and O–H groups in total. The molecule has 1 fully saturated rings. The third kappa shape index (κ3) is 2.93. The van der Waals surface area contributed by atoms with Crippen molar-refractivity contribution in [2.45, 2.75) is 26.3 Å². The number of para-hydroxylation sites is 2. The Bertz CT molecular complexity index is 628. The highest BCUT2D eigenvalue weighted by Gasteiger charge is 2.19. The molecule has 0 saturated carbocycles. The molecular formula is C16H22N4O. The number of nitrogens with zero attached hydrogens (tertiary/aromatic N) is 3. The first kappa shape index (κ1) is 14.1. The van der Waals surface area contributed by atoms with Gasteiger partial charge in [0, 0.05) is 32.6 Å². The molecule has 1 amide bonds. The van der Waals surface area contributed by atoms with E-state index in [4.69, 9.17) is 0 Å². The highest BCUT2D eigenvalue weighted by atomic mass is 16.2. The van der Waals surface area contributed by atoms with Gasteiger partial charge in [0.25, 0.3) is 0 Å². The van der Waals surface area contributed by atoms with Gasteiger partial charge in [0.05, 0.1) is 11.0 Å². The van der Waals surface area contributed by atoms with Crippen LogP contribution in [0.2, 0.25) is 0 Å². The molecule has 0 aliphatic carbocycles. The number of aryl methyl sites for hydroxylation is 1. The first-order chi connectivity index (χ1) is 10.3. The topological polar surface area (TPSA) is 50.2 Å². The fourth-order valence-corrected chi connectivity index (χ4v) is 2.87. The van der Waals surface area contributed by atoms with Crippen LogP contribution in [0.1, 0.15) is 19.2 Å². The minimum absolute atomic E-state index is 0.192. The number of carbonyl (C=O) groups is 1. The van der Waals surface area contributed by atoms with Crippen molar-refractivity contribution >= 4 is 16.9 Å². The number of hydrogen-bond acceptors (Lipinski definition) is 3. The predicted octanol–water partition coefficient (Wildman–Crippen LogP) is 1.42. The molecule has 0 spiro atoms. The van der Waals surface area contributed by atoms with Crippen LogP contribution >= 0.6 is 0 Å². The number of rotatable bonds is 4. The first-order valence-corrected chi connectivity index (χ1v) is 7.72. The van der Waals surface area contributed by atoms with E-state index in [1.807, 2.05) is 29.2 Å². The van der Waals surface area contributed by atoms with Gasteiger partial charge < -0.3 is 14.8 Å². The van der Waals surface area contributed by atoms with Crippen molar-refractivity contribution in [2.75, 3.05) is 26.2 Å². The van der Waals surface area contributed by atoms with Gasteiger partial charge in [-0.1, -0.05) is 19.1 Å². The van der Waals surface area contributed by atoms with Crippen LogP contribution in [-0.4, -0.2) is 46.5 Å². The lowest BCUT2D eigenvalue weighted by Gasteiger charge is -2.27. The summed E-state index contributed by atoms with van der Waals surface area (Å²) in [7, 11) is 0. The van der Waals surface area contributed by atoms with Crippen molar-refractivity contribution in [2.24, 2.45) is 0 Å². The normalized spacial score (nSPS) is 15.6. The molecule has 2 heterocycles. The molecule has 112 valence electrons. The van der Waals surface area contributed by atoms with E-state index in [0.29, 0.717) is 6.54 Å². The summed E-state index contributed by atoms with van der Waals surface area (Å²) in [6, 6.07) is 8.06. The minimum atomic E-state index is 0.192. The molecule has 5 heteroatoms. The van der Waals surface area contributed by atoms with E-state index >= 15 is 0 Å². The Kier molecular flexibility index (Phi) is 4.20. The first-order valence-electron chi connectivity index (χ1n) is 7.72. The molecule has 0 unspecified atom stereocenters. The molecule has 0 atom stereocenters. The Balaban J connectivity index is 1.87. The fraction of sp³-hybridized carbons (Fsp3) is 0.500. The van der Waals surface area contributed by atoms with E-state index < -0.39 is 0 Å². The standard InChI is InChI=1S/C16H22N4O/c1-2-5-15-18-13-6-3-4-7-14(13)20(15)12-16(21)19-10-8-17-9-11-19/h3-4,6-7,17H,2,5,8-12H2,1H3. The van der Waals surface area contributed by atoms with Crippen LogP contribution in [0.25, 0.3) is 11.0 Å². The van der Waals surface area contributed by atoms with Gasteiger partial charge in [-0.25, -0.2) is 4.98 Å². The number of carbonyl (C=O) groups excluding carboxylic acids is 1. The van der Waals surface area contributed by atoms with Crippen molar-refractivity contribution in [1.29, 1.82) is 0 Å². The molecule has 3 rings (SSSR count). The van der Waals surface area contributed by atoms with Gasteiger partial charge >= 0.3 is 0 Å². The van der Waals surface area contributed by atoms with Crippen molar-refractivity contribution in [3.8, 4) is 0 Å². The van der Waals surface area contributed by atoms with Gasteiger partial charge in [-0.15, -0.1) is 0 Å². The zero-order chi connectivity index (χ0) is 14.7. The van der Waals surface area contributed by atoms with Crippen LogP contribution in [0.15, 0.2) is 24.3 Å². The smallest absolute Gasteiger partial charge is 0.242 e. The van der Waals surface area contributed by atoms with Crippen LogP contribution in [0.4, 0.5) is 0 Å². The van der Waals surface area contributed by atoms with E-state index in [0.717, 1.165) is 55.9 Å². The van der Waals surface area contributed by atoms with Crippen LogP contribution < -0.4 is 5.32 Å². The Labute approximate surface area is 125 Å². The van der Waals surface area contributed by atoms with E-state index in [1.165, 1.54) is 0 Å². The molecule has 0 bridgehead atoms. The summed E-state index contributed by atoms with van der Waals surface area (Å²) < 4.78 is 2.09. The largest absolute Gasteiger partial charge is 0.339 e. The van der Waals surface area contributed by atoms with Gasteiger partial charge in [-0.05, 0) is 18.6 Å². The summed E-state index contributed by atoms with van der Waals surface area (Å²) in [6.45, 7) is 5.91. The molecule has 5 nitrogen and oxygen atoms in total. The lowest BCUT2D eigenvalue weighted by molar-refractivity contribution is -0.132. The summed E-state index contributed by atoms with van der Waals surface area (Å²) in [5, 5.41) is 3.28. The van der Waals surface area contributed by atoms with Crippen LogP contribution in [0, 0.1) is 0 Å². The van der Waals surface area contributed by atoms with Crippen molar-refractivity contribution in [3.05, 3.63) is 30.1 Å². The molecule has 21 heavy (non-hydrogen) atoms. The molecule has 1 aliphatic heterocycles. The third-order valence-corrected chi connectivity index (χ3v) is 3.97. The Morgan fingerprint density at radius 2 is 2.05 bits per heavy atom. The summed E-state index contributed by atoms with van der Waals surface area (Å²) in [5.74, 6) is 1.21. The van der Waals surface area contributed by atoms with E-state index in [9.17, 15) is 4.79 Å². The summed E-state index contributed by atoms with van der Waals surface area (Å²) in [5.41, 5.74) is 2.04. The molecule has 0 radical (unpaired) electrons. The SMILES string of the molecule is CCCc1nc2ccccc2n1CC(=O)N1CCNCC1. The molecule has 1 aromatic heterocycles. The molecule has 2 aromatic rings. The summed E-state index contributed by atoms with van der Waals surface area (Å²) in [4.78, 5) is 19.1. The van der Waals surface area contributed by atoms with Crippen LogP contribution in [0.3, 0.4) is 0 Å². The number of hydrogen-bond donors (Lipinski definition) is 1. The fourth-order valence-electron chi connectivity index (χ4n) is 2.87. The van der Waals surface area contributed by atoms with E-state index in [1.54, 1.807) is 0 Å². The number of amides is 1. The number of fused-ring (bicyclic) bond motifs is 1. The molecule has 1 saturated heterocycles.